The molecule has 0 bridgehead atoms. The lowest BCUT2D eigenvalue weighted by atomic mass is 9.79. The second-order valence-corrected chi connectivity index (χ2v) is 7.33. The Morgan fingerprint density at radius 3 is 2.33 bits per heavy atom. The third kappa shape index (κ3) is 3.35. The van der Waals surface area contributed by atoms with Crippen molar-refractivity contribution in [3.05, 3.63) is 33.3 Å². The van der Waals surface area contributed by atoms with Crippen LogP contribution in [-0.4, -0.2) is 18.8 Å². The molecule has 1 aliphatic heterocycles. The second kappa shape index (κ2) is 6.80. The fraction of sp³-hybridized carbons (Fsp3) is 0.667. The summed E-state index contributed by atoms with van der Waals surface area (Å²) in [5.74, 6) is 1.08. The molecule has 1 saturated heterocycles. The molecule has 0 radical (unpaired) electrons. The summed E-state index contributed by atoms with van der Waals surface area (Å²) in [6.07, 6.45) is 0.630. The normalized spacial score (nSPS) is 30.6. The first-order valence-corrected chi connectivity index (χ1v) is 8.81. The van der Waals surface area contributed by atoms with Crippen molar-refractivity contribution >= 4 is 15.9 Å². The first-order chi connectivity index (χ1) is 9.86. The van der Waals surface area contributed by atoms with Gasteiger partial charge in [-0.15, -0.1) is 0 Å². The first kappa shape index (κ1) is 17.0. The van der Waals surface area contributed by atoms with Crippen LogP contribution in [0.25, 0.3) is 0 Å². The highest BCUT2D eigenvalue weighted by molar-refractivity contribution is 9.10. The van der Waals surface area contributed by atoms with E-state index >= 15 is 0 Å². The molecular weight excluding hydrogens is 326 g/mol. The smallest absolute Gasteiger partial charge is 0.0600 e. The van der Waals surface area contributed by atoms with Gasteiger partial charge in [0.2, 0.25) is 0 Å². The molecule has 1 N–H and O–H groups in total. The summed E-state index contributed by atoms with van der Waals surface area (Å²) < 4.78 is 7.27. The van der Waals surface area contributed by atoms with E-state index in [0.717, 1.165) is 6.54 Å². The van der Waals surface area contributed by atoms with Crippen LogP contribution in [0.2, 0.25) is 0 Å². The topological polar surface area (TPSA) is 21.3 Å². The lowest BCUT2D eigenvalue weighted by Gasteiger charge is -2.31. The van der Waals surface area contributed by atoms with Crippen molar-refractivity contribution in [1.82, 2.24) is 5.32 Å². The van der Waals surface area contributed by atoms with Crippen LogP contribution in [0.15, 0.2) is 16.6 Å². The molecule has 0 aliphatic carbocycles. The van der Waals surface area contributed by atoms with Gasteiger partial charge in [0, 0.05) is 16.4 Å². The molecule has 2 rings (SSSR count). The van der Waals surface area contributed by atoms with Gasteiger partial charge in [0.25, 0.3) is 0 Å². The Kier molecular flexibility index (Phi) is 5.50. The molecule has 5 unspecified atom stereocenters. The standard InChI is InChI=1S/C18H28BrNO/c1-7-20-18(17-12(4)13(5)21-14(17)6)15-8-11(3)16(19)9-10(15)2/h8-9,12-14,17-18,20H,7H2,1-6H3. The van der Waals surface area contributed by atoms with Gasteiger partial charge in [-0.1, -0.05) is 35.8 Å². The molecule has 1 aromatic carbocycles. The Balaban J connectivity index is 2.42. The van der Waals surface area contributed by atoms with E-state index in [1.54, 1.807) is 0 Å². The number of halogens is 1. The van der Waals surface area contributed by atoms with Crippen LogP contribution in [0.3, 0.4) is 0 Å². The lowest BCUT2D eigenvalue weighted by molar-refractivity contribution is 0.0475. The molecule has 0 amide bonds. The van der Waals surface area contributed by atoms with Gasteiger partial charge in [0.05, 0.1) is 12.2 Å². The predicted molar refractivity (Wildman–Crippen MR) is 92.7 cm³/mol. The van der Waals surface area contributed by atoms with Gasteiger partial charge in [0.15, 0.2) is 0 Å². The van der Waals surface area contributed by atoms with Crippen LogP contribution in [0, 0.1) is 25.7 Å². The van der Waals surface area contributed by atoms with E-state index in [-0.39, 0.29) is 0 Å². The summed E-state index contributed by atoms with van der Waals surface area (Å²) in [6.45, 7) is 14.3. The zero-order valence-corrected chi connectivity index (χ0v) is 15.6. The van der Waals surface area contributed by atoms with E-state index in [9.17, 15) is 0 Å². The highest BCUT2D eigenvalue weighted by Crippen LogP contribution is 2.42. The zero-order chi connectivity index (χ0) is 15.7. The molecular formula is C18H28BrNO. The Morgan fingerprint density at radius 1 is 1.14 bits per heavy atom. The Hall–Kier alpha value is -0.380. The molecule has 2 nitrogen and oxygen atoms in total. The van der Waals surface area contributed by atoms with Gasteiger partial charge in [-0.3, -0.25) is 0 Å². The van der Waals surface area contributed by atoms with Gasteiger partial charge in [-0.25, -0.2) is 0 Å². The number of aryl methyl sites for hydroxylation is 2. The molecule has 0 aromatic heterocycles. The summed E-state index contributed by atoms with van der Waals surface area (Å²) in [5, 5.41) is 3.71. The molecule has 0 saturated carbocycles. The molecule has 1 aromatic rings. The highest BCUT2D eigenvalue weighted by Gasteiger charge is 2.42. The van der Waals surface area contributed by atoms with Crippen molar-refractivity contribution in [2.45, 2.75) is 59.8 Å². The third-order valence-electron chi connectivity index (χ3n) is 5.01. The minimum atomic E-state index is 0.294. The van der Waals surface area contributed by atoms with Gasteiger partial charge in [0.1, 0.15) is 0 Å². The summed E-state index contributed by atoms with van der Waals surface area (Å²) in [7, 11) is 0. The fourth-order valence-corrected chi connectivity index (χ4v) is 4.14. The number of benzene rings is 1. The quantitative estimate of drug-likeness (QED) is 0.841. The minimum absolute atomic E-state index is 0.294. The SMILES string of the molecule is CCNC(c1cc(C)c(Br)cc1C)C1C(C)OC(C)C1C. The first-order valence-electron chi connectivity index (χ1n) is 8.02. The van der Waals surface area contributed by atoms with Crippen molar-refractivity contribution in [2.75, 3.05) is 6.54 Å². The van der Waals surface area contributed by atoms with Crippen LogP contribution in [0.4, 0.5) is 0 Å². The molecule has 3 heteroatoms. The predicted octanol–water partition coefficient (Wildman–Crippen LogP) is 4.78. The average Bonchev–Trinajstić information content (AvgIpc) is 2.66. The second-order valence-electron chi connectivity index (χ2n) is 6.48. The van der Waals surface area contributed by atoms with Crippen LogP contribution in [-0.2, 0) is 4.74 Å². The number of nitrogens with one attached hydrogen (secondary N) is 1. The van der Waals surface area contributed by atoms with Gasteiger partial charge >= 0.3 is 0 Å². The third-order valence-corrected chi connectivity index (χ3v) is 5.86. The molecule has 118 valence electrons. The zero-order valence-electron chi connectivity index (χ0n) is 14.0. The molecule has 21 heavy (non-hydrogen) atoms. The number of hydrogen-bond acceptors (Lipinski definition) is 2. The van der Waals surface area contributed by atoms with Crippen molar-refractivity contribution in [3.63, 3.8) is 0 Å². The Morgan fingerprint density at radius 2 is 1.81 bits per heavy atom. The van der Waals surface area contributed by atoms with E-state index in [1.165, 1.54) is 21.2 Å². The Labute approximate surface area is 137 Å². The van der Waals surface area contributed by atoms with E-state index in [1.807, 2.05) is 0 Å². The maximum absolute atomic E-state index is 6.08. The van der Waals surface area contributed by atoms with Crippen molar-refractivity contribution < 1.29 is 4.74 Å². The highest BCUT2D eigenvalue weighted by atomic mass is 79.9. The van der Waals surface area contributed by atoms with Crippen molar-refractivity contribution in [3.8, 4) is 0 Å². The van der Waals surface area contributed by atoms with E-state index in [0.29, 0.717) is 30.1 Å². The maximum Gasteiger partial charge on any atom is 0.0600 e. The van der Waals surface area contributed by atoms with Crippen LogP contribution < -0.4 is 5.32 Å². The summed E-state index contributed by atoms with van der Waals surface area (Å²) in [5.41, 5.74) is 4.06. The van der Waals surface area contributed by atoms with E-state index in [2.05, 4.69) is 74.9 Å². The molecule has 5 atom stereocenters. The van der Waals surface area contributed by atoms with Crippen LogP contribution in [0.5, 0.6) is 0 Å². The number of ether oxygens (including phenoxy) is 1. The van der Waals surface area contributed by atoms with Gasteiger partial charge in [-0.2, -0.15) is 0 Å². The van der Waals surface area contributed by atoms with E-state index < -0.39 is 0 Å². The van der Waals surface area contributed by atoms with Gasteiger partial charge in [-0.05, 0) is 62.9 Å². The maximum atomic E-state index is 6.08. The largest absolute Gasteiger partial charge is 0.375 e. The van der Waals surface area contributed by atoms with E-state index in [4.69, 9.17) is 4.74 Å². The monoisotopic (exact) mass is 353 g/mol. The molecule has 0 spiro atoms. The average molecular weight is 354 g/mol. The van der Waals surface area contributed by atoms with Gasteiger partial charge < -0.3 is 10.1 Å². The summed E-state index contributed by atoms with van der Waals surface area (Å²) >= 11 is 3.64. The Bertz CT molecular complexity index is 502. The number of rotatable bonds is 4. The fourth-order valence-electron chi connectivity index (χ4n) is 3.68. The van der Waals surface area contributed by atoms with Crippen LogP contribution in [0.1, 0.15) is 50.4 Å². The molecule has 1 heterocycles. The van der Waals surface area contributed by atoms with Crippen molar-refractivity contribution in [1.29, 1.82) is 0 Å². The van der Waals surface area contributed by atoms with Crippen molar-refractivity contribution in [2.24, 2.45) is 11.8 Å². The number of hydrogen-bond donors (Lipinski definition) is 1. The molecule has 1 fully saturated rings. The van der Waals surface area contributed by atoms with Crippen LogP contribution >= 0.6 is 15.9 Å². The summed E-state index contributed by atoms with van der Waals surface area (Å²) in [6, 6.07) is 4.93. The minimum Gasteiger partial charge on any atom is -0.375 e. The summed E-state index contributed by atoms with van der Waals surface area (Å²) in [4.78, 5) is 0. The molecule has 1 aliphatic rings. The lowest BCUT2D eigenvalue weighted by Crippen LogP contribution is -2.35.